The van der Waals surface area contributed by atoms with Crippen LogP contribution in [0.2, 0.25) is 10.0 Å². The van der Waals surface area contributed by atoms with Crippen molar-refractivity contribution < 1.29 is 4.79 Å². The maximum absolute atomic E-state index is 12.3. The first-order chi connectivity index (χ1) is 16.0. The molecule has 0 aliphatic heterocycles. The van der Waals surface area contributed by atoms with Crippen molar-refractivity contribution in [2.24, 2.45) is 5.10 Å². The number of carbonyl (C=O) groups excluding carboxylic acids is 1. The Balaban J connectivity index is 1.49. The fourth-order valence-electron chi connectivity index (χ4n) is 2.81. The Hall–Kier alpha value is -2.72. The molecule has 0 unspecified atom stereocenters. The van der Waals surface area contributed by atoms with Crippen LogP contribution in [0.3, 0.4) is 0 Å². The van der Waals surface area contributed by atoms with Crippen LogP contribution in [-0.2, 0) is 4.79 Å². The standard InChI is InChI=1S/C22H15BrCl2N6OS/c23-16-2-4-17(5-3-16)31-21(15-7-9-26-10-8-15)29-30-22(31)33-13-20(32)28-27-12-14-1-6-18(24)19(25)11-14/h1-12H,13H2,(H,28,32)/b27-12-. The Morgan fingerprint density at radius 2 is 1.82 bits per heavy atom. The molecule has 0 saturated carbocycles. The van der Waals surface area contributed by atoms with Gasteiger partial charge in [0, 0.05) is 28.1 Å². The molecule has 0 bridgehead atoms. The van der Waals surface area contributed by atoms with E-state index in [2.05, 4.69) is 41.6 Å². The molecule has 0 radical (unpaired) electrons. The number of halogens is 3. The van der Waals surface area contributed by atoms with Gasteiger partial charge in [0.15, 0.2) is 11.0 Å². The van der Waals surface area contributed by atoms with Crippen LogP contribution in [0.5, 0.6) is 0 Å². The van der Waals surface area contributed by atoms with Crippen molar-refractivity contribution in [3.63, 3.8) is 0 Å². The summed E-state index contributed by atoms with van der Waals surface area (Å²) in [5.74, 6) is 0.469. The number of nitrogens with one attached hydrogen (secondary N) is 1. The number of carbonyl (C=O) groups is 1. The van der Waals surface area contributed by atoms with Gasteiger partial charge in [0.1, 0.15) is 0 Å². The van der Waals surface area contributed by atoms with Crippen LogP contribution in [0.25, 0.3) is 17.1 Å². The molecule has 33 heavy (non-hydrogen) atoms. The van der Waals surface area contributed by atoms with Gasteiger partial charge in [-0.3, -0.25) is 14.3 Å². The summed E-state index contributed by atoms with van der Waals surface area (Å²) in [6, 6.07) is 16.6. The molecule has 4 rings (SSSR count). The van der Waals surface area contributed by atoms with Crippen LogP contribution in [0.4, 0.5) is 0 Å². The summed E-state index contributed by atoms with van der Waals surface area (Å²) in [6.07, 6.45) is 4.89. The molecule has 0 spiro atoms. The minimum atomic E-state index is -0.285. The first-order valence-electron chi connectivity index (χ1n) is 9.53. The van der Waals surface area contributed by atoms with E-state index >= 15 is 0 Å². The number of aromatic nitrogens is 4. The summed E-state index contributed by atoms with van der Waals surface area (Å²) < 4.78 is 2.86. The fraction of sp³-hybridized carbons (Fsp3) is 0.0455. The first kappa shape index (κ1) is 23.4. The molecule has 166 valence electrons. The maximum atomic E-state index is 12.3. The first-order valence-corrected chi connectivity index (χ1v) is 12.1. The van der Waals surface area contributed by atoms with Crippen molar-refractivity contribution in [2.75, 3.05) is 5.75 Å². The molecular formula is C22H15BrCl2N6OS. The number of benzene rings is 2. The van der Waals surface area contributed by atoms with E-state index in [-0.39, 0.29) is 11.7 Å². The van der Waals surface area contributed by atoms with Crippen LogP contribution in [0.1, 0.15) is 5.56 Å². The molecule has 2 heterocycles. The van der Waals surface area contributed by atoms with Crippen LogP contribution < -0.4 is 5.43 Å². The highest BCUT2D eigenvalue weighted by Crippen LogP contribution is 2.28. The number of nitrogens with zero attached hydrogens (tertiary/aromatic N) is 5. The Morgan fingerprint density at radius 1 is 1.06 bits per heavy atom. The monoisotopic (exact) mass is 560 g/mol. The van der Waals surface area contributed by atoms with Gasteiger partial charge in [-0.1, -0.05) is 57.0 Å². The number of thioether (sulfide) groups is 1. The predicted molar refractivity (Wildman–Crippen MR) is 135 cm³/mol. The summed E-state index contributed by atoms with van der Waals surface area (Å²) in [4.78, 5) is 16.4. The normalized spacial score (nSPS) is 11.1. The van der Waals surface area contributed by atoms with Gasteiger partial charge >= 0.3 is 0 Å². The van der Waals surface area contributed by atoms with E-state index in [1.54, 1.807) is 30.6 Å². The predicted octanol–water partition coefficient (Wildman–Crippen LogP) is 5.64. The summed E-state index contributed by atoms with van der Waals surface area (Å²) in [7, 11) is 0. The van der Waals surface area contributed by atoms with Crippen molar-refractivity contribution in [1.29, 1.82) is 0 Å². The largest absolute Gasteiger partial charge is 0.272 e. The molecule has 0 fully saturated rings. The van der Waals surface area contributed by atoms with Crippen LogP contribution in [0.15, 0.2) is 81.7 Å². The highest BCUT2D eigenvalue weighted by Gasteiger charge is 2.17. The lowest BCUT2D eigenvalue weighted by Gasteiger charge is -2.10. The molecule has 2 aromatic carbocycles. The number of hydrogen-bond donors (Lipinski definition) is 1. The molecule has 0 aliphatic rings. The van der Waals surface area contributed by atoms with Crippen molar-refractivity contribution in [3.05, 3.63) is 87.1 Å². The van der Waals surface area contributed by atoms with E-state index in [0.29, 0.717) is 26.6 Å². The third-order valence-electron chi connectivity index (χ3n) is 4.34. The highest BCUT2D eigenvalue weighted by atomic mass is 79.9. The third-order valence-corrected chi connectivity index (χ3v) is 6.53. The smallest absolute Gasteiger partial charge is 0.250 e. The van der Waals surface area contributed by atoms with Gasteiger partial charge in [0.25, 0.3) is 5.91 Å². The van der Waals surface area contributed by atoms with Crippen molar-refractivity contribution in [3.8, 4) is 17.1 Å². The van der Waals surface area contributed by atoms with E-state index in [1.807, 2.05) is 41.0 Å². The molecule has 7 nitrogen and oxygen atoms in total. The van der Waals surface area contributed by atoms with Crippen LogP contribution in [-0.4, -0.2) is 37.6 Å². The maximum Gasteiger partial charge on any atom is 0.250 e. The van der Waals surface area contributed by atoms with E-state index in [0.717, 1.165) is 15.7 Å². The van der Waals surface area contributed by atoms with Gasteiger partial charge in [-0.25, -0.2) is 5.43 Å². The molecule has 11 heteroatoms. The third kappa shape index (κ3) is 6.00. The van der Waals surface area contributed by atoms with Crippen molar-refractivity contribution in [2.45, 2.75) is 5.16 Å². The summed E-state index contributed by atoms with van der Waals surface area (Å²) in [5.41, 5.74) is 4.95. The van der Waals surface area contributed by atoms with Gasteiger partial charge in [0.2, 0.25) is 0 Å². The highest BCUT2D eigenvalue weighted by molar-refractivity contribution is 9.10. The number of pyridine rings is 1. The molecule has 0 aliphatic carbocycles. The second-order valence-electron chi connectivity index (χ2n) is 6.61. The summed E-state index contributed by atoms with van der Waals surface area (Å²) in [5, 5.41) is 14.1. The summed E-state index contributed by atoms with van der Waals surface area (Å²) in [6.45, 7) is 0. The van der Waals surface area contributed by atoms with Gasteiger partial charge < -0.3 is 0 Å². The molecule has 4 aromatic rings. The summed E-state index contributed by atoms with van der Waals surface area (Å²) >= 11 is 16.6. The van der Waals surface area contributed by atoms with Gasteiger partial charge in [-0.15, -0.1) is 10.2 Å². The minimum absolute atomic E-state index is 0.101. The van der Waals surface area contributed by atoms with E-state index in [1.165, 1.54) is 18.0 Å². The molecular weight excluding hydrogens is 547 g/mol. The van der Waals surface area contributed by atoms with Gasteiger partial charge in [-0.2, -0.15) is 5.10 Å². The molecule has 0 saturated heterocycles. The Morgan fingerprint density at radius 3 is 2.55 bits per heavy atom. The second kappa shape index (κ2) is 10.9. The van der Waals surface area contributed by atoms with E-state index < -0.39 is 0 Å². The zero-order valence-electron chi connectivity index (χ0n) is 16.8. The number of hydrazone groups is 1. The molecule has 1 N–H and O–H groups in total. The van der Waals surface area contributed by atoms with Crippen LogP contribution in [0, 0.1) is 0 Å². The van der Waals surface area contributed by atoms with E-state index in [9.17, 15) is 4.79 Å². The SMILES string of the molecule is O=C(CSc1nnc(-c2ccncc2)n1-c1ccc(Br)cc1)N/N=C\c1ccc(Cl)c(Cl)c1. The fourth-order valence-corrected chi connectivity index (χ4v) is 4.12. The zero-order valence-corrected chi connectivity index (χ0v) is 20.7. The Labute approximate surface area is 212 Å². The van der Waals surface area contributed by atoms with Crippen LogP contribution >= 0.6 is 50.9 Å². The number of amides is 1. The van der Waals surface area contributed by atoms with Crippen molar-refractivity contribution >= 4 is 63.0 Å². The minimum Gasteiger partial charge on any atom is -0.272 e. The van der Waals surface area contributed by atoms with Gasteiger partial charge in [-0.05, 0) is 54.1 Å². The van der Waals surface area contributed by atoms with E-state index in [4.69, 9.17) is 23.2 Å². The lowest BCUT2D eigenvalue weighted by molar-refractivity contribution is -0.118. The second-order valence-corrected chi connectivity index (χ2v) is 9.28. The molecule has 0 atom stereocenters. The average Bonchev–Trinajstić information content (AvgIpc) is 3.25. The molecule has 1 amide bonds. The zero-order chi connectivity index (χ0) is 23.2. The van der Waals surface area contributed by atoms with Gasteiger partial charge in [0.05, 0.1) is 22.0 Å². The molecule has 2 aromatic heterocycles. The Kier molecular flexibility index (Phi) is 7.77. The Bertz CT molecular complexity index is 1300. The quantitative estimate of drug-likeness (QED) is 0.179. The topological polar surface area (TPSA) is 85.1 Å². The number of rotatable bonds is 7. The van der Waals surface area contributed by atoms with Crippen molar-refractivity contribution in [1.82, 2.24) is 25.2 Å². The average molecular weight is 562 g/mol. The lowest BCUT2D eigenvalue weighted by Crippen LogP contribution is -2.20. The number of hydrogen-bond acceptors (Lipinski definition) is 6. The lowest BCUT2D eigenvalue weighted by atomic mass is 10.2.